The Balaban J connectivity index is 3.88. The van der Waals surface area contributed by atoms with E-state index in [1.165, 1.54) is 0 Å². The third-order valence-corrected chi connectivity index (χ3v) is 1.87. The van der Waals surface area contributed by atoms with Gasteiger partial charge in [-0.05, 0) is 7.05 Å². The highest BCUT2D eigenvalue weighted by molar-refractivity contribution is 5.78. The Kier molecular flexibility index (Phi) is 5.90. The number of nitrogens with zero attached hydrogens (tertiary/aromatic N) is 2. The highest BCUT2D eigenvalue weighted by atomic mass is 16.2. The largest absolute Gasteiger partial charge is 0.344 e. The van der Waals surface area contributed by atoms with Gasteiger partial charge in [0, 0.05) is 26.1 Å². The molecule has 0 bridgehead atoms. The number of hydrogen-bond acceptors (Lipinski definition) is 3. The van der Waals surface area contributed by atoms with Crippen LogP contribution in [0.5, 0.6) is 0 Å². The van der Waals surface area contributed by atoms with Gasteiger partial charge < -0.3 is 10.2 Å². The maximum absolute atomic E-state index is 11.5. The van der Waals surface area contributed by atoms with Crippen molar-refractivity contribution in [2.45, 2.75) is 13.3 Å². The van der Waals surface area contributed by atoms with E-state index in [9.17, 15) is 4.79 Å². The summed E-state index contributed by atoms with van der Waals surface area (Å²) in [5, 5.41) is 11.3. The molecule has 13 heavy (non-hydrogen) atoms. The van der Waals surface area contributed by atoms with E-state index in [1.807, 2.05) is 20.0 Å². The summed E-state index contributed by atoms with van der Waals surface area (Å²) >= 11 is 0. The number of carbonyl (C=O) groups excluding carboxylic acids is 1. The van der Waals surface area contributed by atoms with Crippen LogP contribution in [-0.2, 0) is 4.79 Å². The van der Waals surface area contributed by atoms with Crippen molar-refractivity contribution in [1.29, 1.82) is 5.26 Å². The summed E-state index contributed by atoms with van der Waals surface area (Å²) < 4.78 is 0. The maximum Gasteiger partial charge on any atom is 0.226 e. The first-order chi connectivity index (χ1) is 6.13. The number of rotatable bonds is 5. The van der Waals surface area contributed by atoms with Crippen LogP contribution in [0.3, 0.4) is 0 Å². The van der Waals surface area contributed by atoms with Crippen LogP contribution in [0, 0.1) is 17.2 Å². The van der Waals surface area contributed by atoms with Gasteiger partial charge in [0.2, 0.25) is 5.91 Å². The van der Waals surface area contributed by atoms with Gasteiger partial charge >= 0.3 is 0 Å². The van der Waals surface area contributed by atoms with E-state index in [1.54, 1.807) is 11.9 Å². The first-order valence-corrected chi connectivity index (χ1v) is 4.40. The lowest BCUT2D eigenvalue weighted by molar-refractivity contribution is -0.133. The summed E-state index contributed by atoms with van der Waals surface area (Å²) in [7, 11) is 3.55. The minimum absolute atomic E-state index is 0.0197. The van der Waals surface area contributed by atoms with E-state index in [4.69, 9.17) is 5.26 Å². The molecule has 0 aromatic carbocycles. The van der Waals surface area contributed by atoms with Crippen LogP contribution >= 0.6 is 0 Å². The first kappa shape index (κ1) is 11.9. The molecule has 0 saturated heterocycles. The third-order valence-electron chi connectivity index (χ3n) is 1.87. The fourth-order valence-electron chi connectivity index (χ4n) is 1.10. The molecule has 4 nitrogen and oxygen atoms in total. The average molecular weight is 183 g/mol. The second-order valence-electron chi connectivity index (χ2n) is 3.13. The molecule has 1 N–H and O–H groups in total. The van der Waals surface area contributed by atoms with Gasteiger partial charge in [0.15, 0.2) is 0 Å². The van der Waals surface area contributed by atoms with Crippen LogP contribution in [0.4, 0.5) is 0 Å². The summed E-state index contributed by atoms with van der Waals surface area (Å²) in [4.78, 5) is 13.1. The van der Waals surface area contributed by atoms with Crippen molar-refractivity contribution < 1.29 is 4.79 Å². The number of amides is 1. The van der Waals surface area contributed by atoms with E-state index >= 15 is 0 Å². The molecule has 0 fully saturated rings. The van der Waals surface area contributed by atoms with Crippen molar-refractivity contribution in [2.24, 2.45) is 5.92 Å². The summed E-state index contributed by atoms with van der Waals surface area (Å²) in [5.74, 6) is 0.0679. The molecule has 1 unspecified atom stereocenters. The van der Waals surface area contributed by atoms with Gasteiger partial charge in [0.25, 0.3) is 0 Å². The Bertz CT molecular complexity index is 198. The summed E-state index contributed by atoms with van der Waals surface area (Å²) in [6, 6.07) is 2.01. The molecule has 0 aliphatic heterocycles. The van der Waals surface area contributed by atoms with Crippen molar-refractivity contribution in [2.75, 3.05) is 27.2 Å². The van der Waals surface area contributed by atoms with E-state index < -0.39 is 0 Å². The molecule has 1 amide bonds. The summed E-state index contributed by atoms with van der Waals surface area (Å²) in [6.45, 7) is 3.07. The molecule has 4 heteroatoms. The van der Waals surface area contributed by atoms with Gasteiger partial charge in [-0.2, -0.15) is 5.26 Å². The lowest BCUT2D eigenvalue weighted by atomic mass is 10.1. The molecule has 0 rings (SSSR count). The van der Waals surface area contributed by atoms with Crippen molar-refractivity contribution in [1.82, 2.24) is 10.2 Å². The second kappa shape index (κ2) is 6.44. The number of hydrogen-bond donors (Lipinski definition) is 1. The molecular formula is C9H17N3O. The topological polar surface area (TPSA) is 56.1 Å². The van der Waals surface area contributed by atoms with Gasteiger partial charge in [-0.3, -0.25) is 4.79 Å². The third kappa shape index (κ3) is 4.48. The molecule has 0 aliphatic rings. The Hall–Kier alpha value is -1.08. The van der Waals surface area contributed by atoms with Crippen molar-refractivity contribution >= 4 is 5.91 Å². The van der Waals surface area contributed by atoms with Crippen molar-refractivity contribution in [3.63, 3.8) is 0 Å². The molecular weight excluding hydrogens is 166 g/mol. The van der Waals surface area contributed by atoms with Crippen LogP contribution in [-0.4, -0.2) is 38.0 Å². The molecule has 0 aromatic heterocycles. The van der Waals surface area contributed by atoms with Gasteiger partial charge in [-0.1, -0.05) is 6.92 Å². The maximum atomic E-state index is 11.5. The first-order valence-electron chi connectivity index (χ1n) is 4.40. The van der Waals surface area contributed by atoms with E-state index in [-0.39, 0.29) is 11.8 Å². The molecule has 0 radical (unpaired) electrons. The van der Waals surface area contributed by atoms with Crippen molar-refractivity contribution in [3.05, 3.63) is 0 Å². The van der Waals surface area contributed by atoms with Crippen molar-refractivity contribution in [3.8, 4) is 6.07 Å². The zero-order valence-electron chi connectivity index (χ0n) is 8.50. The van der Waals surface area contributed by atoms with Gasteiger partial charge in [-0.25, -0.2) is 0 Å². The molecule has 0 aliphatic carbocycles. The fraction of sp³-hybridized carbons (Fsp3) is 0.778. The molecule has 0 saturated carbocycles. The van der Waals surface area contributed by atoms with Crippen LogP contribution < -0.4 is 5.32 Å². The second-order valence-corrected chi connectivity index (χ2v) is 3.13. The van der Waals surface area contributed by atoms with Crippen LogP contribution in [0.25, 0.3) is 0 Å². The number of carbonyl (C=O) groups is 1. The van der Waals surface area contributed by atoms with E-state index in [2.05, 4.69) is 5.32 Å². The van der Waals surface area contributed by atoms with Crippen LogP contribution in [0.2, 0.25) is 0 Å². The quantitative estimate of drug-likeness (QED) is 0.663. The molecule has 0 spiro atoms. The lowest BCUT2D eigenvalue weighted by Crippen LogP contribution is -2.36. The smallest absolute Gasteiger partial charge is 0.226 e. The molecule has 74 valence electrons. The Labute approximate surface area is 79.5 Å². The van der Waals surface area contributed by atoms with Crippen LogP contribution in [0.15, 0.2) is 0 Å². The lowest BCUT2D eigenvalue weighted by Gasteiger charge is -2.19. The summed E-state index contributed by atoms with van der Waals surface area (Å²) in [5.41, 5.74) is 0. The van der Waals surface area contributed by atoms with Gasteiger partial charge in [0.1, 0.15) is 0 Å². The van der Waals surface area contributed by atoms with Crippen LogP contribution in [0.1, 0.15) is 13.3 Å². The highest BCUT2D eigenvalue weighted by Crippen LogP contribution is 1.99. The minimum atomic E-state index is -0.0197. The van der Waals surface area contributed by atoms with E-state index in [0.717, 1.165) is 0 Å². The number of nitriles is 1. The Morgan fingerprint density at radius 2 is 2.31 bits per heavy atom. The molecule has 0 heterocycles. The molecule has 1 atom stereocenters. The average Bonchev–Trinajstić information content (AvgIpc) is 2.13. The minimum Gasteiger partial charge on any atom is -0.344 e. The number of nitrogens with one attached hydrogen (secondary N) is 1. The normalized spacial score (nSPS) is 11.8. The Morgan fingerprint density at radius 1 is 1.69 bits per heavy atom. The predicted molar refractivity (Wildman–Crippen MR) is 51.0 cm³/mol. The zero-order chi connectivity index (χ0) is 10.3. The van der Waals surface area contributed by atoms with Gasteiger partial charge in [0.05, 0.1) is 12.5 Å². The molecule has 0 aromatic rings. The SMILES string of the molecule is CNCC(C)C(=O)N(C)CCC#N. The predicted octanol–water partition coefficient (Wildman–Crippen LogP) is 0.214. The van der Waals surface area contributed by atoms with Gasteiger partial charge in [-0.15, -0.1) is 0 Å². The Morgan fingerprint density at radius 3 is 2.77 bits per heavy atom. The summed E-state index contributed by atoms with van der Waals surface area (Å²) in [6.07, 6.45) is 0.397. The highest BCUT2D eigenvalue weighted by Gasteiger charge is 2.15. The fourth-order valence-corrected chi connectivity index (χ4v) is 1.10. The standard InChI is InChI=1S/C9H17N3O/c1-8(7-11-2)9(13)12(3)6-4-5-10/h8,11H,4,6-7H2,1-3H3. The monoisotopic (exact) mass is 183 g/mol. The van der Waals surface area contributed by atoms with E-state index in [0.29, 0.717) is 19.5 Å². The zero-order valence-corrected chi connectivity index (χ0v) is 8.50.